The highest BCUT2D eigenvalue weighted by Crippen LogP contribution is 2.30. The molecule has 0 aliphatic carbocycles. The fraction of sp³-hybridized carbons (Fsp3) is 0.300. The lowest BCUT2D eigenvalue weighted by Crippen LogP contribution is -2.23. The molecule has 2 aromatic carbocycles. The van der Waals surface area contributed by atoms with Crippen molar-refractivity contribution in [2.45, 2.75) is 18.7 Å². The molecule has 3 rings (SSSR count). The van der Waals surface area contributed by atoms with Gasteiger partial charge in [0.05, 0.1) is 10.5 Å². The van der Waals surface area contributed by atoms with Gasteiger partial charge < -0.3 is 14.2 Å². The number of rotatable bonds is 7. The van der Waals surface area contributed by atoms with Crippen molar-refractivity contribution in [1.29, 1.82) is 0 Å². The third kappa shape index (κ3) is 4.75. The number of carbonyl (C=O) groups is 2. The predicted molar refractivity (Wildman–Crippen MR) is 104 cm³/mol. The smallest absolute Gasteiger partial charge is 0.338 e. The Kier molecular flexibility index (Phi) is 6.19. The molecule has 0 spiro atoms. The van der Waals surface area contributed by atoms with Crippen LogP contribution in [0.2, 0.25) is 0 Å². The standard InChI is InChI=1S/C20H21NO7S/c1-3-21-29(24,25)15-6-4-13(2)16(11-15)20(23)28-12-17(22)14-5-7-18-19(10-14)27-9-8-26-18/h4-7,10-11,21H,3,8-9,12H2,1-2H3. The SMILES string of the molecule is CCNS(=O)(=O)c1ccc(C)c(C(=O)OCC(=O)c2ccc3c(c2)OCCO3)c1. The molecule has 1 aliphatic heterocycles. The maximum Gasteiger partial charge on any atom is 0.338 e. The first-order chi connectivity index (χ1) is 13.8. The molecule has 1 N–H and O–H groups in total. The Morgan fingerprint density at radius 1 is 1.07 bits per heavy atom. The van der Waals surface area contributed by atoms with E-state index in [4.69, 9.17) is 14.2 Å². The quantitative estimate of drug-likeness (QED) is 0.541. The molecule has 29 heavy (non-hydrogen) atoms. The minimum absolute atomic E-state index is 0.0462. The topological polar surface area (TPSA) is 108 Å². The summed E-state index contributed by atoms with van der Waals surface area (Å²) in [6.45, 7) is 3.89. The lowest BCUT2D eigenvalue weighted by molar-refractivity contribution is 0.0473. The highest BCUT2D eigenvalue weighted by atomic mass is 32.2. The zero-order valence-electron chi connectivity index (χ0n) is 16.1. The Balaban J connectivity index is 1.71. The summed E-state index contributed by atoms with van der Waals surface area (Å²) in [7, 11) is -3.72. The maximum atomic E-state index is 12.4. The van der Waals surface area contributed by atoms with Crippen LogP contribution in [0.1, 0.15) is 33.2 Å². The Hall–Kier alpha value is -2.91. The number of aryl methyl sites for hydroxylation is 1. The van der Waals surface area contributed by atoms with E-state index in [9.17, 15) is 18.0 Å². The summed E-state index contributed by atoms with van der Waals surface area (Å²) in [4.78, 5) is 24.8. The second-order valence-electron chi connectivity index (χ2n) is 6.34. The van der Waals surface area contributed by atoms with Crippen LogP contribution in [0.25, 0.3) is 0 Å². The van der Waals surface area contributed by atoms with Crippen molar-refractivity contribution in [3.8, 4) is 11.5 Å². The lowest BCUT2D eigenvalue weighted by atomic mass is 10.1. The van der Waals surface area contributed by atoms with Gasteiger partial charge in [0.15, 0.2) is 23.9 Å². The zero-order chi connectivity index (χ0) is 21.0. The number of nitrogens with one attached hydrogen (secondary N) is 1. The Labute approximate surface area is 168 Å². The van der Waals surface area contributed by atoms with Gasteiger partial charge in [0.2, 0.25) is 10.0 Å². The lowest BCUT2D eigenvalue weighted by Gasteiger charge is -2.18. The fourth-order valence-corrected chi connectivity index (χ4v) is 3.84. The van der Waals surface area contributed by atoms with Crippen LogP contribution in [0.3, 0.4) is 0 Å². The molecule has 2 aromatic rings. The van der Waals surface area contributed by atoms with Crippen molar-refractivity contribution in [1.82, 2.24) is 4.72 Å². The van der Waals surface area contributed by atoms with Crippen molar-refractivity contribution >= 4 is 21.8 Å². The van der Waals surface area contributed by atoms with Gasteiger partial charge >= 0.3 is 5.97 Å². The first-order valence-electron chi connectivity index (χ1n) is 9.02. The number of ketones is 1. The van der Waals surface area contributed by atoms with Gasteiger partial charge in [-0.15, -0.1) is 0 Å². The van der Waals surface area contributed by atoms with Gasteiger partial charge in [0, 0.05) is 12.1 Å². The Morgan fingerprint density at radius 3 is 2.52 bits per heavy atom. The monoisotopic (exact) mass is 419 g/mol. The van der Waals surface area contributed by atoms with E-state index in [1.807, 2.05) is 0 Å². The van der Waals surface area contributed by atoms with Gasteiger partial charge in [-0.25, -0.2) is 17.9 Å². The minimum atomic E-state index is -3.72. The number of hydrogen-bond acceptors (Lipinski definition) is 7. The summed E-state index contributed by atoms with van der Waals surface area (Å²) < 4.78 is 42.6. The number of esters is 1. The zero-order valence-corrected chi connectivity index (χ0v) is 16.9. The van der Waals surface area contributed by atoms with Crippen molar-refractivity contribution in [3.63, 3.8) is 0 Å². The molecule has 8 nitrogen and oxygen atoms in total. The van der Waals surface area contributed by atoms with Crippen LogP contribution in [0.5, 0.6) is 11.5 Å². The van der Waals surface area contributed by atoms with E-state index < -0.39 is 28.4 Å². The van der Waals surface area contributed by atoms with Gasteiger partial charge in [-0.2, -0.15) is 0 Å². The molecule has 0 aromatic heterocycles. The number of ether oxygens (including phenoxy) is 3. The number of benzene rings is 2. The Morgan fingerprint density at radius 2 is 1.79 bits per heavy atom. The first kappa shape index (κ1) is 20.8. The van der Waals surface area contributed by atoms with E-state index in [-0.39, 0.29) is 17.0 Å². The Bertz CT molecular complexity index is 1050. The van der Waals surface area contributed by atoms with Gasteiger partial charge in [-0.1, -0.05) is 13.0 Å². The number of Topliss-reactive ketones (excluding diaryl/α,β-unsaturated/α-hetero) is 1. The second kappa shape index (κ2) is 8.62. The van der Waals surface area contributed by atoms with Crippen LogP contribution in [0, 0.1) is 6.92 Å². The van der Waals surface area contributed by atoms with Crippen molar-refractivity contribution < 1.29 is 32.2 Å². The summed E-state index contributed by atoms with van der Waals surface area (Å²) in [5.74, 6) is -0.170. The maximum absolute atomic E-state index is 12.4. The molecule has 1 heterocycles. The molecule has 0 unspecified atom stereocenters. The van der Waals surface area contributed by atoms with Crippen LogP contribution >= 0.6 is 0 Å². The molecule has 1 aliphatic rings. The van der Waals surface area contributed by atoms with Gasteiger partial charge in [-0.3, -0.25) is 4.79 Å². The third-order valence-electron chi connectivity index (χ3n) is 4.27. The van der Waals surface area contributed by atoms with E-state index in [1.165, 1.54) is 18.2 Å². The van der Waals surface area contributed by atoms with Crippen molar-refractivity contribution in [3.05, 3.63) is 53.1 Å². The summed E-state index contributed by atoms with van der Waals surface area (Å²) in [6.07, 6.45) is 0. The molecule has 0 bridgehead atoms. The molecular formula is C20H21NO7S. The number of sulfonamides is 1. The molecular weight excluding hydrogens is 398 g/mol. The molecule has 154 valence electrons. The van der Waals surface area contributed by atoms with Crippen molar-refractivity contribution in [2.24, 2.45) is 0 Å². The van der Waals surface area contributed by atoms with E-state index in [0.29, 0.717) is 35.8 Å². The average molecular weight is 419 g/mol. The van der Waals surface area contributed by atoms with Crippen LogP contribution in [-0.4, -0.2) is 46.5 Å². The highest BCUT2D eigenvalue weighted by molar-refractivity contribution is 7.89. The number of hydrogen-bond donors (Lipinski definition) is 1. The summed E-state index contributed by atoms with van der Waals surface area (Å²) in [5.41, 5.74) is 0.943. The molecule has 0 saturated heterocycles. The molecule has 0 amide bonds. The largest absolute Gasteiger partial charge is 0.486 e. The summed E-state index contributed by atoms with van der Waals surface area (Å²) >= 11 is 0. The first-order valence-corrected chi connectivity index (χ1v) is 10.5. The van der Waals surface area contributed by atoms with Gasteiger partial charge in [0.1, 0.15) is 13.2 Å². The number of carbonyl (C=O) groups excluding carboxylic acids is 2. The molecule has 0 saturated carbocycles. The molecule has 0 radical (unpaired) electrons. The van der Waals surface area contributed by atoms with Gasteiger partial charge in [0.25, 0.3) is 0 Å². The highest BCUT2D eigenvalue weighted by Gasteiger charge is 2.20. The average Bonchev–Trinajstić information content (AvgIpc) is 2.71. The van der Waals surface area contributed by atoms with E-state index in [1.54, 1.807) is 32.0 Å². The molecule has 0 fully saturated rings. The van der Waals surface area contributed by atoms with E-state index in [0.717, 1.165) is 0 Å². The third-order valence-corrected chi connectivity index (χ3v) is 5.82. The van der Waals surface area contributed by atoms with Gasteiger partial charge in [-0.05, 0) is 42.8 Å². The van der Waals surface area contributed by atoms with Crippen LogP contribution < -0.4 is 14.2 Å². The molecule has 0 atom stereocenters. The summed E-state index contributed by atoms with van der Waals surface area (Å²) in [6, 6.07) is 8.90. The second-order valence-corrected chi connectivity index (χ2v) is 8.10. The normalized spacial score (nSPS) is 13.0. The van der Waals surface area contributed by atoms with E-state index >= 15 is 0 Å². The summed E-state index contributed by atoms with van der Waals surface area (Å²) in [5, 5.41) is 0. The van der Waals surface area contributed by atoms with Crippen LogP contribution in [0.15, 0.2) is 41.3 Å². The van der Waals surface area contributed by atoms with Crippen LogP contribution in [-0.2, 0) is 14.8 Å². The molecule has 9 heteroatoms. The minimum Gasteiger partial charge on any atom is -0.486 e. The van der Waals surface area contributed by atoms with E-state index in [2.05, 4.69) is 4.72 Å². The predicted octanol–water partition coefficient (Wildman–Crippen LogP) is 2.10. The number of fused-ring (bicyclic) bond motifs is 1. The van der Waals surface area contributed by atoms with Crippen molar-refractivity contribution in [2.75, 3.05) is 26.4 Å². The fourth-order valence-electron chi connectivity index (χ4n) is 2.77. The van der Waals surface area contributed by atoms with Crippen LogP contribution in [0.4, 0.5) is 0 Å².